The van der Waals surface area contributed by atoms with E-state index in [9.17, 15) is 4.79 Å². The van der Waals surface area contributed by atoms with Gasteiger partial charge in [-0.15, -0.1) is 0 Å². The number of nitrogens with one attached hydrogen (secondary N) is 2. The fraction of sp³-hybridized carbons (Fsp3) is 0.412. The monoisotopic (exact) mass is 317 g/mol. The van der Waals surface area contributed by atoms with Crippen molar-refractivity contribution >= 4 is 23.2 Å². The van der Waals surface area contributed by atoms with E-state index in [1.807, 2.05) is 31.2 Å². The molecule has 2 N–H and O–H groups in total. The van der Waals surface area contributed by atoms with Crippen molar-refractivity contribution in [1.29, 1.82) is 0 Å². The number of rotatable bonds is 4. The molecule has 0 spiro atoms. The maximum atomic E-state index is 12.3. The molecule has 0 atom stereocenters. The van der Waals surface area contributed by atoms with Gasteiger partial charge in [-0.2, -0.15) is 5.10 Å². The lowest BCUT2D eigenvalue weighted by molar-refractivity contribution is -0.117. The fourth-order valence-electron chi connectivity index (χ4n) is 3.09. The minimum atomic E-state index is 0.0691. The van der Waals surface area contributed by atoms with Gasteiger partial charge in [-0.05, 0) is 37.8 Å². The molecule has 2 aromatic rings. The Balaban J connectivity index is 1.78. The average Bonchev–Trinajstić information content (AvgIpc) is 3.10. The summed E-state index contributed by atoms with van der Waals surface area (Å²) in [6.45, 7) is 1.91. The molecule has 1 aliphatic rings. The average molecular weight is 318 g/mol. The smallest absolute Gasteiger partial charge is 0.224 e. The molecule has 1 aromatic heterocycles. The van der Waals surface area contributed by atoms with Crippen LogP contribution in [-0.4, -0.2) is 16.1 Å². The molecule has 4 nitrogen and oxygen atoms in total. The Morgan fingerprint density at radius 3 is 2.91 bits per heavy atom. The van der Waals surface area contributed by atoms with Crippen molar-refractivity contribution in [2.75, 3.05) is 5.32 Å². The van der Waals surface area contributed by atoms with E-state index < -0.39 is 0 Å². The summed E-state index contributed by atoms with van der Waals surface area (Å²) < 4.78 is 0. The molecule has 1 fully saturated rings. The highest BCUT2D eigenvalue weighted by Gasteiger charge is 2.20. The van der Waals surface area contributed by atoms with Gasteiger partial charge in [-0.1, -0.05) is 36.6 Å². The van der Waals surface area contributed by atoms with Gasteiger partial charge in [0.25, 0.3) is 0 Å². The number of anilines is 1. The second-order valence-electron chi connectivity index (χ2n) is 5.99. The SMILES string of the molecule is Cc1[nH]nc(-c2cccc(Cl)c2)c1NC(=O)CC1CCCC1. The highest BCUT2D eigenvalue weighted by atomic mass is 35.5. The molecule has 0 radical (unpaired) electrons. The first kappa shape index (κ1) is 15.1. The number of aromatic amines is 1. The molecule has 1 heterocycles. The van der Waals surface area contributed by atoms with Crippen LogP contribution in [0, 0.1) is 12.8 Å². The van der Waals surface area contributed by atoms with Gasteiger partial charge in [0.05, 0.1) is 11.4 Å². The number of aromatic nitrogens is 2. The van der Waals surface area contributed by atoms with Crippen LogP contribution in [0.4, 0.5) is 5.69 Å². The minimum Gasteiger partial charge on any atom is -0.323 e. The summed E-state index contributed by atoms with van der Waals surface area (Å²) in [5, 5.41) is 10.9. The number of carbonyl (C=O) groups excluding carboxylic acids is 1. The van der Waals surface area contributed by atoms with Crippen LogP contribution in [0.3, 0.4) is 0 Å². The Morgan fingerprint density at radius 1 is 1.41 bits per heavy atom. The van der Waals surface area contributed by atoms with Crippen LogP contribution < -0.4 is 5.32 Å². The summed E-state index contributed by atoms with van der Waals surface area (Å²) in [7, 11) is 0. The Kier molecular flexibility index (Phi) is 4.48. The fourth-order valence-corrected chi connectivity index (χ4v) is 3.28. The summed E-state index contributed by atoms with van der Waals surface area (Å²) in [4.78, 5) is 12.3. The molecular formula is C17H20ClN3O. The van der Waals surface area contributed by atoms with Gasteiger partial charge in [0.2, 0.25) is 5.91 Å². The minimum absolute atomic E-state index is 0.0691. The third-order valence-electron chi connectivity index (χ3n) is 4.26. The topological polar surface area (TPSA) is 57.8 Å². The second-order valence-corrected chi connectivity index (χ2v) is 6.42. The van der Waals surface area contributed by atoms with E-state index in [-0.39, 0.29) is 5.91 Å². The zero-order valence-corrected chi connectivity index (χ0v) is 13.4. The summed E-state index contributed by atoms with van der Waals surface area (Å²) in [6, 6.07) is 7.49. The van der Waals surface area contributed by atoms with Crippen molar-refractivity contribution in [1.82, 2.24) is 10.2 Å². The Labute approximate surface area is 135 Å². The van der Waals surface area contributed by atoms with E-state index in [0.717, 1.165) is 22.6 Å². The molecule has 116 valence electrons. The molecule has 0 bridgehead atoms. The van der Waals surface area contributed by atoms with Gasteiger partial charge >= 0.3 is 0 Å². The van der Waals surface area contributed by atoms with Gasteiger partial charge in [-0.3, -0.25) is 9.89 Å². The van der Waals surface area contributed by atoms with Gasteiger partial charge in [0.15, 0.2) is 0 Å². The number of hydrogen-bond donors (Lipinski definition) is 2. The summed E-state index contributed by atoms with van der Waals surface area (Å²) in [6.07, 6.45) is 5.42. The van der Waals surface area contributed by atoms with Crippen molar-refractivity contribution in [3.63, 3.8) is 0 Å². The highest BCUT2D eigenvalue weighted by Crippen LogP contribution is 2.31. The van der Waals surface area contributed by atoms with Crippen molar-refractivity contribution in [2.45, 2.75) is 39.0 Å². The first-order chi connectivity index (χ1) is 10.6. The third kappa shape index (κ3) is 3.33. The molecule has 0 aliphatic heterocycles. The molecule has 1 saturated carbocycles. The number of amides is 1. The molecule has 22 heavy (non-hydrogen) atoms. The van der Waals surface area contributed by atoms with Crippen LogP contribution >= 0.6 is 11.6 Å². The van der Waals surface area contributed by atoms with E-state index in [1.54, 1.807) is 0 Å². The summed E-state index contributed by atoms with van der Waals surface area (Å²) in [5.74, 6) is 0.599. The first-order valence-corrected chi connectivity index (χ1v) is 8.12. The van der Waals surface area contributed by atoms with E-state index in [2.05, 4.69) is 15.5 Å². The number of hydrogen-bond acceptors (Lipinski definition) is 2. The Morgan fingerprint density at radius 2 is 2.18 bits per heavy atom. The predicted octanol–water partition coefficient (Wildman–Crippen LogP) is 4.56. The maximum absolute atomic E-state index is 12.3. The van der Waals surface area contributed by atoms with E-state index in [4.69, 9.17) is 11.6 Å². The molecule has 1 amide bonds. The zero-order chi connectivity index (χ0) is 15.5. The molecule has 3 rings (SSSR count). The van der Waals surface area contributed by atoms with Crippen molar-refractivity contribution in [2.24, 2.45) is 5.92 Å². The van der Waals surface area contributed by atoms with Crippen LogP contribution in [0.15, 0.2) is 24.3 Å². The van der Waals surface area contributed by atoms with Gasteiger partial charge in [0, 0.05) is 17.0 Å². The van der Waals surface area contributed by atoms with Gasteiger partial charge < -0.3 is 5.32 Å². The molecule has 5 heteroatoms. The predicted molar refractivity (Wildman–Crippen MR) is 89.0 cm³/mol. The van der Waals surface area contributed by atoms with E-state index >= 15 is 0 Å². The lowest BCUT2D eigenvalue weighted by Gasteiger charge is -2.10. The number of carbonyl (C=O) groups is 1. The van der Waals surface area contributed by atoms with Crippen LogP contribution in [0.1, 0.15) is 37.8 Å². The molecule has 1 aliphatic carbocycles. The number of halogens is 1. The Bertz CT molecular complexity index is 674. The number of benzene rings is 1. The lowest BCUT2D eigenvalue weighted by Crippen LogP contribution is -2.15. The van der Waals surface area contributed by atoms with Crippen molar-refractivity contribution in [3.8, 4) is 11.3 Å². The third-order valence-corrected chi connectivity index (χ3v) is 4.49. The quantitative estimate of drug-likeness (QED) is 0.868. The van der Waals surface area contributed by atoms with Crippen LogP contribution in [0.5, 0.6) is 0 Å². The first-order valence-electron chi connectivity index (χ1n) is 7.74. The highest BCUT2D eigenvalue weighted by molar-refractivity contribution is 6.30. The van der Waals surface area contributed by atoms with Gasteiger partial charge in [0.1, 0.15) is 5.69 Å². The Hall–Kier alpha value is -1.81. The lowest BCUT2D eigenvalue weighted by atomic mass is 10.0. The van der Waals surface area contributed by atoms with Crippen molar-refractivity contribution in [3.05, 3.63) is 35.0 Å². The van der Waals surface area contributed by atoms with E-state index in [1.165, 1.54) is 25.7 Å². The van der Waals surface area contributed by atoms with Crippen LogP contribution in [-0.2, 0) is 4.79 Å². The number of H-pyrrole nitrogens is 1. The largest absolute Gasteiger partial charge is 0.323 e. The molecule has 0 saturated heterocycles. The van der Waals surface area contributed by atoms with Crippen molar-refractivity contribution < 1.29 is 4.79 Å². The number of nitrogens with zero attached hydrogens (tertiary/aromatic N) is 1. The number of aryl methyl sites for hydroxylation is 1. The standard InChI is InChI=1S/C17H20ClN3O/c1-11-16(19-15(22)9-12-5-2-3-6-12)17(21-20-11)13-7-4-8-14(18)10-13/h4,7-8,10,12H,2-3,5-6,9H2,1H3,(H,19,22)(H,20,21). The van der Waals surface area contributed by atoms with Crippen LogP contribution in [0.25, 0.3) is 11.3 Å². The molecule has 1 aromatic carbocycles. The summed E-state index contributed by atoms with van der Waals surface area (Å²) >= 11 is 6.05. The maximum Gasteiger partial charge on any atom is 0.224 e. The van der Waals surface area contributed by atoms with E-state index in [0.29, 0.717) is 17.4 Å². The normalized spacial score (nSPS) is 15.2. The van der Waals surface area contributed by atoms with Crippen LogP contribution in [0.2, 0.25) is 5.02 Å². The second kappa shape index (κ2) is 6.53. The molecular weight excluding hydrogens is 298 g/mol. The zero-order valence-electron chi connectivity index (χ0n) is 12.7. The molecule has 0 unspecified atom stereocenters. The van der Waals surface area contributed by atoms with Gasteiger partial charge in [-0.25, -0.2) is 0 Å². The summed E-state index contributed by atoms with van der Waals surface area (Å²) in [5.41, 5.74) is 3.24.